The first kappa shape index (κ1) is 12.7. The summed E-state index contributed by atoms with van der Waals surface area (Å²) in [5.74, 6) is 1.67. The molecule has 0 N–H and O–H groups in total. The fourth-order valence-electron chi connectivity index (χ4n) is 3.05. The Morgan fingerprint density at radius 1 is 1.19 bits per heavy atom. The van der Waals surface area contributed by atoms with Crippen LogP contribution in [0.1, 0.15) is 21.8 Å². The summed E-state index contributed by atoms with van der Waals surface area (Å²) in [5, 5.41) is 1.19. The SMILES string of the molecule is O=Cc1ccc2ccn(CC3CSc4ccccc43)c2c1. The molecule has 0 spiro atoms. The van der Waals surface area contributed by atoms with Gasteiger partial charge in [-0.2, -0.15) is 0 Å². The summed E-state index contributed by atoms with van der Waals surface area (Å²) in [6.45, 7) is 0.968. The standard InChI is InChI=1S/C18H15NOS/c20-11-13-5-6-14-7-8-19(17(14)9-13)10-15-12-21-18-4-2-1-3-16(15)18/h1-9,11,15H,10,12H2. The van der Waals surface area contributed by atoms with Gasteiger partial charge < -0.3 is 4.57 Å². The average Bonchev–Trinajstić information content (AvgIpc) is 3.12. The van der Waals surface area contributed by atoms with E-state index in [0.29, 0.717) is 5.92 Å². The quantitative estimate of drug-likeness (QED) is 0.670. The van der Waals surface area contributed by atoms with E-state index < -0.39 is 0 Å². The summed E-state index contributed by atoms with van der Waals surface area (Å²) in [5.41, 5.74) is 3.34. The number of nitrogens with zero attached hydrogens (tertiary/aromatic N) is 1. The maximum Gasteiger partial charge on any atom is 0.150 e. The van der Waals surface area contributed by atoms with Gasteiger partial charge in [-0.15, -0.1) is 11.8 Å². The molecule has 2 nitrogen and oxygen atoms in total. The van der Waals surface area contributed by atoms with Crippen LogP contribution in [0.15, 0.2) is 59.6 Å². The molecule has 4 rings (SSSR count). The predicted octanol–water partition coefficient (Wildman–Crippen LogP) is 4.34. The first-order valence-corrected chi connectivity index (χ1v) is 8.09. The molecule has 2 heterocycles. The lowest BCUT2D eigenvalue weighted by Gasteiger charge is -2.13. The first-order valence-electron chi connectivity index (χ1n) is 7.11. The van der Waals surface area contributed by atoms with Crippen molar-refractivity contribution in [3.63, 3.8) is 0 Å². The minimum atomic E-state index is 0.543. The van der Waals surface area contributed by atoms with E-state index >= 15 is 0 Å². The maximum absolute atomic E-state index is 11.0. The lowest BCUT2D eigenvalue weighted by molar-refractivity contribution is 0.112. The second-order valence-electron chi connectivity index (χ2n) is 5.45. The Kier molecular flexibility index (Phi) is 3.08. The van der Waals surface area contributed by atoms with Crippen molar-refractivity contribution in [2.24, 2.45) is 0 Å². The fourth-order valence-corrected chi connectivity index (χ4v) is 4.29. The van der Waals surface area contributed by atoms with Crippen molar-refractivity contribution in [3.8, 4) is 0 Å². The lowest BCUT2D eigenvalue weighted by Crippen LogP contribution is -2.07. The van der Waals surface area contributed by atoms with Crippen LogP contribution < -0.4 is 0 Å². The third-order valence-corrected chi connectivity index (χ3v) is 5.40. The number of hydrogen-bond acceptors (Lipinski definition) is 2. The molecule has 21 heavy (non-hydrogen) atoms. The minimum absolute atomic E-state index is 0.543. The van der Waals surface area contributed by atoms with Crippen molar-refractivity contribution in [1.82, 2.24) is 4.57 Å². The molecule has 1 atom stereocenters. The third kappa shape index (κ3) is 2.18. The van der Waals surface area contributed by atoms with Gasteiger partial charge in [-0.1, -0.05) is 30.3 Å². The number of thioether (sulfide) groups is 1. The summed E-state index contributed by atoms with van der Waals surface area (Å²) in [6, 6.07) is 16.7. The number of carbonyl (C=O) groups is 1. The van der Waals surface area contributed by atoms with E-state index in [0.717, 1.165) is 29.7 Å². The molecule has 0 bridgehead atoms. The maximum atomic E-state index is 11.0. The number of hydrogen-bond donors (Lipinski definition) is 0. The molecule has 3 heteroatoms. The Labute approximate surface area is 127 Å². The van der Waals surface area contributed by atoms with Crippen molar-refractivity contribution in [2.45, 2.75) is 17.4 Å². The number of aldehydes is 1. The number of aromatic nitrogens is 1. The fraction of sp³-hybridized carbons (Fsp3) is 0.167. The molecule has 2 aromatic carbocycles. The highest BCUT2D eigenvalue weighted by Crippen LogP contribution is 2.40. The van der Waals surface area contributed by atoms with E-state index in [4.69, 9.17) is 0 Å². The molecule has 0 saturated carbocycles. The van der Waals surface area contributed by atoms with Crippen molar-refractivity contribution < 1.29 is 4.79 Å². The molecule has 0 amide bonds. The average molecular weight is 293 g/mol. The largest absolute Gasteiger partial charge is 0.347 e. The Morgan fingerprint density at radius 2 is 2.10 bits per heavy atom. The predicted molar refractivity (Wildman–Crippen MR) is 87.2 cm³/mol. The number of rotatable bonds is 3. The monoisotopic (exact) mass is 293 g/mol. The van der Waals surface area contributed by atoms with E-state index in [9.17, 15) is 4.79 Å². The summed E-state index contributed by atoms with van der Waals surface area (Å²) in [7, 11) is 0. The summed E-state index contributed by atoms with van der Waals surface area (Å²) >= 11 is 1.94. The van der Waals surface area contributed by atoms with Crippen molar-refractivity contribution >= 4 is 29.0 Å². The van der Waals surface area contributed by atoms with Crippen LogP contribution in [-0.2, 0) is 6.54 Å². The molecule has 1 unspecified atom stereocenters. The van der Waals surface area contributed by atoms with Gasteiger partial charge in [0.1, 0.15) is 6.29 Å². The number of carbonyl (C=O) groups excluding carboxylic acids is 1. The zero-order valence-electron chi connectivity index (χ0n) is 11.5. The molecular weight excluding hydrogens is 278 g/mol. The van der Waals surface area contributed by atoms with Gasteiger partial charge in [0.15, 0.2) is 0 Å². The zero-order valence-corrected chi connectivity index (χ0v) is 12.3. The summed E-state index contributed by atoms with van der Waals surface area (Å²) < 4.78 is 2.27. The molecule has 0 aliphatic carbocycles. The van der Waals surface area contributed by atoms with Gasteiger partial charge in [0, 0.05) is 40.4 Å². The van der Waals surface area contributed by atoms with Crippen LogP contribution in [-0.4, -0.2) is 16.6 Å². The van der Waals surface area contributed by atoms with Gasteiger partial charge in [0.05, 0.1) is 0 Å². The van der Waals surface area contributed by atoms with Crippen LogP contribution in [0.25, 0.3) is 10.9 Å². The summed E-state index contributed by atoms with van der Waals surface area (Å²) in [4.78, 5) is 12.4. The van der Waals surface area contributed by atoms with E-state index in [-0.39, 0.29) is 0 Å². The topological polar surface area (TPSA) is 22.0 Å². The van der Waals surface area contributed by atoms with Gasteiger partial charge in [0.2, 0.25) is 0 Å². The van der Waals surface area contributed by atoms with Gasteiger partial charge in [-0.25, -0.2) is 0 Å². The van der Waals surface area contributed by atoms with Crippen LogP contribution in [0.5, 0.6) is 0 Å². The van der Waals surface area contributed by atoms with E-state index in [1.165, 1.54) is 15.8 Å². The Bertz CT molecular complexity index is 821. The molecule has 3 aromatic rings. The molecule has 1 aliphatic heterocycles. The minimum Gasteiger partial charge on any atom is -0.347 e. The molecule has 104 valence electrons. The lowest BCUT2D eigenvalue weighted by atomic mass is 10.0. The molecule has 1 aliphatic rings. The normalized spacial score (nSPS) is 17.0. The highest BCUT2D eigenvalue weighted by atomic mass is 32.2. The zero-order chi connectivity index (χ0) is 14.2. The van der Waals surface area contributed by atoms with Gasteiger partial charge in [0.25, 0.3) is 0 Å². The van der Waals surface area contributed by atoms with Crippen LogP contribution in [0, 0.1) is 0 Å². The highest BCUT2D eigenvalue weighted by Gasteiger charge is 2.23. The first-order chi connectivity index (χ1) is 10.3. The van der Waals surface area contributed by atoms with Crippen molar-refractivity contribution in [3.05, 3.63) is 65.9 Å². The molecule has 1 aromatic heterocycles. The highest BCUT2D eigenvalue weighted by molar-refractivity contribution is 7.99. The molecule has 0 radical (unpaired) electrons. The van der Waals surface area contributed by atoms with Crippen LogP contribution >= 0.6 is 11.8 Å². The number of fused-ring (bicyclic) bond motifs is 2. The van der Waals surface area contributed by atoms with Gasteiger partial charge >= 0.3 is 0 Å². The molecule has 0 fully saturated rings. The van der Waals surface area contributed by atoms with Crippen LogP contribution in [0.3, 0.4) is 0 Å². The van der Waals surface area contributed by atoms with Crippen LogP contribution in [0.4, 0.5) is 0 Å². The van der Waals surface area contributed by atoms with Gasteiger partial charge in [-0.3, -0.25) is 4.79 Å². The van der Waals surface area contributed by atoms with Gasteiger partial charge in [-0.05, 0) is 29.1 Å². The second kappa shape index (κ2) is 5.08. The molecular formula is C18H15NOS. The Hall–Kier alpha value is -2.00. The van der Waals surface area contributed by atoms with Crippen molar-refractivity contribution in [2.75, 3.05) is 5.75 Å². The van der Waals surface area contributed by atoms with Crippen molar-refractivity contribution in [1.29, 1.82) is 0 Å². The van der Waals surface area contributed by atoms with Crippen LogP contribution in [0.2, 0.25) is 0 Å². The number of benzene rings is 2. The van der Waals surface area contributed by atoms with E-state index in [1.54, 1.807) is 0 Å². The van der Waals surface area contributed by atoms with E-state index in [1.807, 2.05) is 30.0 Å². The second-order valence-corrected chi connectivity index (χ2v) is 6.51. The molecule has 0 saturated heterocycles. The Morgan fingerprint density at radius 3 is 3.00 bits per heavy atom. The van der Waals surface area contributed by atoms with E-state index in [2.05, 4.69) is 41.1 Å². The Balaban J connectivity index is 1.71. The smallest absolute Gasteiger partial charge is 0.150 e. The summed E-state index contributed by atoms with van der Waals surface area (Å²) in [6.07, 6.45) is 3.04. The third-order valence-electron chi connectivity index (χ3n) is 4.15.